The lowest BCUT2D eigenvalue weighted by molar-refractivity contribution is 0.607. The van der Waals surface area contributed by atoms with Gasteiger partial charge >= 0.3 is 0 Å². The molecule has 0 fully saturated rings. The molecule has 1 aliphatic heterocycles. The summed E-state index contributed by atoms with van der Waals surface area (Å²) in [5, 5.41) is 1.06. The number of rotatable bonds is 3. The minimum Gasteiger partial charge on any atom is -0.228 e. The number of aromatic nitrogens is 2. The molecule has 0 amide bonds. The van der Waals surface area contributed by atoms with E-state index in [0.717, 1.165) is 33.5 Å². The first kappa shape index (κ1) is 22.9. The number of hydrogen-bond acceptors (Lipinski definition) is 3. The molecule has 0 bridgehead atoms. The van der Waals surface area contributed by atoms with Crippen LogP contribution in [-0.4, -0.2) is 9.97 Å². The van der Waals surface area contributed by atoms with E-state index in [1.54, 1.807) is 0 Å². The van der Waals surface area contributed by atoms with Gasteiger partial charge in [0.15, 0.2) is 5.82 Å². The van der Waals surface area contributed by atoms with Crippen LogP contribution in [0, 0.1) is 0 Å². The third kappa shape index (κ3) is 3.82. The van der Waals surface area contributed by atoms with Gasteiger partial charge in [-0.3, -0.25) is 0 Å². The summed E-state index contributed by atoms with van der Waals surface area (Å²) in [6.07, 6.45) is 0. The van der Waals surface area contributed by atoms with Crippen LogP contribution in [0.5, 0.6) is 0 Å². The van der Waals surface area contributed by atoms with Gasteiger partial charge < -0.3 is 0 Å². The van der Waals surface area contributed by atoms with E-state index in [9.17, 15) is 0 Å². The van der Waals surface area contributed by atoms with Gasteiger partial charge in [-0.15, -0.1) is 0 Å². The van der Waals surface area contributed by atoms with Crippen molar-refractivity contribution < 1.29 is 0 Å². The fourth-order valence-corrected chi connectivity index (χ4v) is 6.86. The highest BCUT2D eigenvalue weighted by atomic mass is 32.2. The highest BCUT2D eigenvalue weighted by Gasteiger charge is 2.33. The summed E-state index contributed by atoms with van der Waals surface area (Å²) >= 11 is 1.87. The Morgan fingerprint density at radius 3 is 2.11 bits per heavy atom. The Kier molecular flexibility index (Phi) is 5.41. The van der Waals surface area contributed by atoms with Crippen molar-refractivity contribution in [2.24, 2.45) is 0 Å². The monoisotopic (exact) mass is 506 g/mol. The molecule has 0 unspecified atom stereocenters. The molecule has 7 rings (SSSR count). The molecule has 1 aromatic heterocycles. The van der Waals surface area contributed by atoms with Gasteiger partial charge in [-0.05, 0) is 52.6 Å². The maximum Gasteiger partial charge on any atom is 0.160 e. The summed E-state index contributed by atoms with van der Waals surface area (Å²) in [7, 11) is 0. The smallest absolute Gasteiger partial charge is 0.160 e. The van der Waals surface area contributed by atoms with Crippen molar-refractivity contribution in [1.82, 2.24) is 9.97 Å². The van der Waals surface area contributed by atoms with E-state index < -0.39 is 0 Å². The van der Waals surface area contributed by atoms with E-state index in [2.05, 4.69) is 111 Å². The molecular formula is C35H26N2S. The minimum absolute atomic E-state index is 0.0573. The number of para-hydroxylation sites is 1. The Morgan fingerprint density at radius 2 is 1.21 bits per heavy atom. The zero-order valence-electron chi connectivity index (χ0n) is 21.3. The molecule has 182 valence electrons. The first-order valence-corrected chi connectivity index (χ1v) is 13.7. The fourth-order valence-electron chi connectivity index (χ4n) is 5.48. The zero-order chi connectivity index (χ0) is 25.7. The molecule has 1 aliphatic rings. The molecule has 0 atom stereocenters. The van der Waals surface area contributed by atoms with Gasteiger partial charge in [0.25, 0.3) is 0 Å². The quantitative estimate of drug-likeness (QED) is 0.239. The molecular weight excluding hydrogens is 480 g/mol. The van der Waals surface area contributed by atoms with E-state index in [1.165, 1.54) is 32.0 Å². The standard InChI is InChI=1S/C35H26N2S/c1-35(2)28-16-7-9-18-31(28)38-32-20-19-25(22-29(32)35)24-13-10-14-26(21-24)33-27-15-6-8-17-30(27)36-34(37-33)23-11-4-3-5-12-23/h3-22H,1-2H3. The third-order valence-corrected chi connectivity index (χ3v) is 8.69. The predicted molar refractivity (Wildman–Crippen MR) is 159 cm³/mol. The van der Waals surface area contributed by atoms with Crippen LogP contribution in [0.4, 0.5) is 0 Å². The number of benzene rings is 5. The second-order valence-corrected chi connectivity index (χ2v) is 11.4. The van der Waals surface area contributed by atoms with Gasteiger partial charge in [-0.1, -0.05) is 117 Å². The fraction of sp³-hybridized carbons (Fsp3) is 0.0857. The normalized spacial score (nSPS) is 13.6. The van der Waals surface area contributed by atoms with Crippen molar-refractivity contribution >= 4 is 22.7 Å². The zero-order valence-corrected chi connectivity index (χ0v) is 22.2. The van der Waals surface area contributed by atoms with Gasteiger partial charge in [0.05, 0.1) is 11.2 Å². The van der Waals surface area contributed by atoms with Crippen molar-refractivity contribution in [2.45, 2.75) is 29.1 Å². The van der Waals surface area contributed by atoms with Crippen LogP contribution in [-0.2, 0) is 5.41 Å². The van der Waals surface area contributed by atoms with Crippen molar-refractivity contribution in [3.05, 3.63) is 132 Å². The van der Waals surface area contributed by atoms with E-state index in [4.69, 9.17) is 9.97 Å². The summed E-state index contributed by atoms with van der Waals surface area (Å²) in [4.78, 5) is 12.6. The molecule has 0 saturated heterocycles. The minimum atomic E-state index is -0.0573. The Balaban J connectivity index is 1.35. The Morgan fingerprint density at radius 1 is 0.526 bits per heavy atom. The number of hydrogen-bond donors (Lipinski definition) is 0. The first-order valence-electron chi connectivity index (χ1n) is 12.9. The Labute approximate surface area is 227 Å². The molecule has 6 aromatic rings. The second-order valence-electron chi connectivity index (χ2n) is 10.3. The predicted octanol–water partition coefficient (Wildman–Crippen LogP) is 9.42. The van der Waals surface area contributed by atoms with Gasteiger partial charge in [0.2, 0.25) is 0 Å². The average molecular weight is 507 g/mol. The molecule has 0 aliphatic carbocycles. The van der Waals surface area contributed by atoms with Crippen LogP contribution in [0.15, 0.2) is 131 Å². The highest BCUT2D eigenvalue weighted by Crippen LogP contribution is 2.49. The molecule has 3 heteroatoms. The van der Waals surface area contributed by atoms with Crippen LogP contribution in [0.2, 0.25) is 0 Å². The van der Waals surface area contributed by atoms with Crippen LogP contribution < -0.4 is 0 Å². The van der Waals surface area contributed by atoms with Crippen molar-refractivity contribution in [3.63, 3.8) is 0 Å². The second kappa shape index (κ2) is 8.97. The molecule has 0 saturated carbocycles. The highest BCUT2D eigenvalue weighted by molar-refractivity contribution is 7.99. The van der Waals surface area contributed by atoms with Crippen molar-refractivity contribution in [1.29, 1.82) is 0 Å². The maximum absolute atomic E-state index is 5.08. The summed E-state index contributed by atoms with van der Waals surface area (Å²) in [6.45, 7) is 4.67. The van der Waals surface area contributed by atoms with Gasteiger partial charge in [0.1, 0.15) is 0 Å². The van der Waals surface area contributed by atoms with Crippen LogP contribution in [0.1, 0.15) is 25.0 Å². The maximum atomic E-state index is 5.08. The third-order valence-electron chi connectivity index (χ3n) is 7.54. The van der Waals surface area contributed by atoms with Crippen LogP contribution in [0.3, 0.4) is 0 Å². The van der Waals surface area contributed by atoms with Gasteiger partial charge in [-0.25, -0.2) is 9.97 Å². The Bertz CT molecular complexity index is 1820. The molecule has 38 heavy (non-hydrogen) atoms. The molecule has 2 nitrogen and oxygen atoms in total. The Hall–Kier alpha value is -4.21. The van der Waals surface area contributed by atoms with Gasteiger partial charge in [0, 0.05) is 31.7 Å². The van der Waals surface area contributed by atoms with E-state index in [-0.39, 0.29) is 5.41 Å². The largest absolute Gasteiger partial charge is 0.228 e. The molecule has 2 heterocycles. The summed E-state index contributed by atoms with van der Waals surface area (Å²) in [5.74, 6) is 0.746. The van der Waals surface area contributed by atoms with Gasteiger partial charge in [-0.2, -0.15) is 0 Å². The van der Waals surface area contributed by atoms with Crippen LogP contribution in [0.25, 0.3) is 44.7 Å². The lowest BCUT2D eigenvalue weighted by Gasteiger charge is -2.34. The lowest BCUT2D eigenvalue weighted by atomic mass is 9.77. The SMILES string of the molecule is CC1(C)c2ccccc2Sc2ccc(-c3cccc(-c4nc(-c5ccccc5)nc5ccccc45)c3)cc21. The average Bonchev–Trinajstić information content (AvgIpc) is 2.97. The topological polar surface area (TPSA) is 25.8 Å². The lowest BCUT2D eigenvalue weighted by Crippen LogP contribution is -2.23. The molecule has 0 spiro atoms. The van der Waals surface area contributed by atoms with E-state index >= 15 is 0 Å². The molecule has 0 radical (unpaired) electrons. The number of nitrogens with zero attached hydrogens (tertiary/aromatic N) is 2. The first-order chi connectivity index (χ1) is 18.6. The van der Waals surface area contributed by atoms with Crippen molar-refractivity contribution in [2.75, 3.05) is 0 Å². The summed E-state index contributed by atoms with van der Waals surface area (Å²) < 4.78 is 0. The molecule has 5 aromatic carbocycles. The van der Waals surface area contributed by atoms with Crippen molar-refractivity contribution in [3.8, 4) is 33.8 Å². The summed E-state index contributed by atoms with van der Waals surface area (Å²) in [6, 6.07) is 42.9. The molecule has 0 N–H and O–H groups in total. The van der Waals surface area contributed by atoms with Crippen LogP contribution >= 0.6 is 11.8 Å². The van der Waals surface area contributed by atoms with E-state index in [1.807, 2.05) is 36.0 Å². The summed E-state index contributed by atoms with van der Waals surface area (Å²) in [5.41, 5.74) is 9.15. The number of fused-ring (bicyclic) bond motifs is 3. The van der Waals surface area contributed by atoms with E-state index in [0.29, 0.717) is 0 Å².